The summed E-state index contributed by atoms with van der Waals surface area (Å²) in [6.45, 7) is -0.195. The monoisotopic (exact) mass is 391 g/mol. The van der Waals surface area contributed by atoms with Crippen LogP contribution in [0.5, 0.6) is 5.75 Å². The maximum absolute atomic E-state index is 13.4. The highest BCUT2D eigenvalue weighted by atomic mass is 16.5. The number of methoxy groups -OCH3 is 1. The van der Waals surface area contributed by atoms with E-state index in [9.17, 15) is 19.5 Å². The van der Waals surface area contributed by atoms with Gasteiger partial charge in [0.15, 0.2) is 17.2 Å². The van der Waals surface area contributed by atoms with Gasteiger partial charge < -0.3 is 14.4 Å². The van der Waals surface area contributed by atoms with E-state index in [-0.39, 0.29) is 29.2 Å². The highest BCUT2D eigenvalue weighted by molar-refractivity contribution is 6.11. The molecule has 0 amide bonds. The maximum atomic E-state index is 13.4. The van der Waals surface area contributed by atoms with Gasteiger partial charge in [-0.05, 0) is 6.07 Å². The molecule has 0 spiro atoms. The summed E-state index contributed by atoms with van der Waals surface area (Å²) in [5, 5.41) is 10.3. The second-order valence-electron chi connectivity index (χ2n) is 6.54. The molecule has 0 bridgehead atoms. The van der Waals surface area contributed by atoms with Crippen LogP contribution in [-0.2, 0) is 13.6 Å². The Morgan fingerprint density at radius 2 is 1.90 bits per heavy atom. The molecular weight excluding hydrogens is 374 g/mol. The number of carbonyl (C=O) groups excluding carboxylic acids is 1. The van der Waals surface area contributed by atoms with Crippen molar-refractivity contribution in [2.24, 2.45) is 7.05 Å². The third kappa shape index (κ3) is 2.77. The summed E-state index contributed by atoms with van der Waals surface area (Å²) < 4.78 is 8.04. The number of aromatic carboxylic acids is 1. The lowest BCUT2D eigenvalue weighted by molar-refractivity contribution is 0.0683. The number of rotatable bonds is 5. The van der Waals surface area contributed by atoms with Crippen LogP contribution in [0.1, 0.15) is 20.8 Å². The third-order valence-corrected chi connectivity index (χ3v) is 4.96. The molecule has 0 unspecified atom stereocenters. The molecule has 0 radical (unpaired) electrons. The molecule has 8 heteroatoms. The number of ether oxygens (including phenoxy) is 1. The second-order valence-corrected chi connectivity index (χ2v) is 6.54. The number of hydrogen-bond acceptors (Lipinski definition) is 5. The quantitative estimate of drug-likeness (QED) is 0.524. The molecule has 3 heterocycles. The van der Waals surface area contributed by atoms with Crippen LogP contribution < -0.4 is 10.3 Å². The average Bonchev–Trinajstić information content (AvgIpc) is 3.04. The van der Waals surface area contributed by atoms with Crippen molar-refractivity contribution in [2.75, 3.05) is 7.11 Å². The van der Waals surface area contributed by atoms with E-state index in [1.165, 1.54) is 22.4 Å². The fraction of sp³-hybridized carbons (Fsp3) is 0.143. The van der Waals surface area contributed by atoms with Crippen molar-refractivity contribution in [3.63, 3.8) is 0 Å². The summed E-state index contributed by atoms with van der Waals surface area (Å²) in [5.74, 6) is -1.49. The van der Waals surface area contributed by atoms with Crippen LogP contribution in [0.15, 0.2) is 53.6 Å². The van der Waals surface area contributed by atoms with Gasteiger partial charge >= 0.3 is 5.97 Å². The minimum absolute atomic E-state index is 0.0355. The van der Waals surface area contributed by atoms with Gasteiger partial charge in [0.1, 0.15) is 5.39 Å². The van der Waals surface area contributed by atoms with E-state index < -0.39 is 11.5 Å². The smallest absolute Gasteiger partial charge is 0.356 e. The molecule has 146 valence electrons. The zero-order chi connectivity index (χ0) is 20.7. The Morgan fingerprint density at radius 3 is 2.55 bits per heavy atom. The van der Waals surface area contributed by atoms with Crippen LogP contribution >= 0.6 is 0 Å². The molecule has 0 atom stereocenters. The number of nitrogens with zero attached hydrogens (tertiary/aromatic N) is 3. The van der Waals surface area contributed by atoms with Crippen LogP contribution in [-0.4, -0.2) is 38.1 Å². The first-order valence-corrected chi connectivity index (χ1v) is 8.80. The molecule has 0 fully saturated rings. The first kappa shape index (κ1) is 18.4. The van der Waals surface area contributed by atoms with Crippen molar-refractivity contribution in [1.82, 2.24) is 14.1 Å². The predicted octanol–water partition coefficient (Wildman–Crippen LogP) is 2.48. The number of fused-ring (bicyclic) bond motifs is 3. The van der Waals surface area contributed by atoms with Crippen molar-refractivity contribution in [3.8, 4) is 5.75 Å². The van der Waals surface area contributed by atoms with Crippen molar-refractivity contribution >= 4 is 33.6 Å². The molecule has 0 aliphatic carbocycles. The Bertz CT molecular complexity index is 1340. The normalized spacial score (nSPS) is 11.1. The fourth-order valence-electron chi connectivity index (χ4n) is 3.68. The fourth-order valence-corrected chi connectivity index (χ4v) is 3.68. The first-order valence-electron chi connectivity index (χ1n) is 8.80. The van der Waals surface area contributed by atoms with Crippen molar-refractivity contribution in [3.05, 3.63) is 70.4 Å². The molecule has 0 saturated heterocycles. The lowest BCUT2D eigenvalue weighted by atomic mass is 10.1. The van der Waals surface area contributed by atoms with Crippen molar-refractivity contribution in [1.29, 1.82) is 0 Å². The predicted molar refractivity (Wildman–Crippen MR) is 107 cm³/mol. The standard InChI is InChI=1S/C21H17N3O5/c1-23-17-13-10-22-9-8-14(13)24(11-15(25)12-6-4-3-5-7-12)20(26)16(17)19(29-2)18(23)21(27)28/h3-10H,11H2,1-2H3,(H,27,28). The molecular formula is C21H17N3O5. The molecule has 1 N–H and O–H groups in total. The van der Waals surface area contributed by atoms with Gasteiger partial charge in [-0.15, -0.1) is 0 Å². The summed E-state index contributed by atoms with van der Waals surface area (Å²) in [6, 6.07) is 10.3. The number of carboxylic acids is 1. The van der Waals surface area contributed by atoms with E-state index in [0.29, 0.717) is 22.0 Å². The molecule has 0 aliphatic heterocycles. The van der Waals surface area contributed by atoms with E-state index >= 15 is 0 Å². The van der Waals surface area contributed by atoms with Crippen LogP contribution in [0.3, 0.4) is 0 Å². The van der Waals surface area contributed by atoms with Crippen LogP contribution in [0.4, 0.5) is 0 Å². The lowest BCUT2D eigenvalue weighted by Gasteiger charge is -2.12. The number of hydrogen-bond donors (Lipinski definition) is 1. The Labute approximate surface area is 164 Å². The Morgan fingerprint density at radius 1 is 1.17 bits per heavy atom. The SMILES string of the molecule is COc1c(C(=O)O)n(C)c2c1c(=O)n(CC(=O)c1ccccc1)c1ccncc21. The van der Waals surface area contributed by atoms with E-state index in [1.807, 2.05) is 0 Å². The maximum Gasteiger partial charge on any atom is 0.356 e. The van der Waals surface area contributed by atoms with Gasteiger partial charge in [0.05, 0.1) is 24.7 Å². The summed E-state index contributed by atoms with van der Waals surface area (Å²) in [5.41, 5.74) is 0.727. The molecule has 0 saturated carbocycles. The zero-order valence-electron chi connectivity index (χ0n) is 15.7. The van der Waals surface area contributed by atoms with Gasteiger partial charge in [-0.3, -0.25) is 19.1 Å². The molecule has 1 aromatic carbocycles. The second kappa shape index (κ2) is 6.90. The van der Waals surface area contributed by atoms with Gasteiger partial charge in [-0.1, -0.05) is 30.3 Å². The number of aromatic nitrogens is 3. The molecule has 4 rings (SSSR count). The number of Topliss-reactive ketones (excluding diaryl/α,β-unsaturated/α-hetero) is 1. The molecule has 0 aliphatic rings. The summed E-state index contributed by atoms with van der Waals surface area (Å²) >= 11 is 0. The number of carbonyl (C=O) groups is 2. The molecule has 29 heavy (non-hydrogen) atoms. The lowest BCUT2D eigenvalue weighted by Crippen LogP contribution is -2.25. The largest absolute Gasteiger partial charge is 0.493 e. The molecule has 3 aromatic heterocycles. The summed E-state index contributed by atoms with van der Waals surface area (Å²) in [4.78, 5) is 42.1. The average molecular weight is 391 g/mol. The Balaban J connectivity index is 2.07. The van der Waals surface area contributed by atoms with Gasteiger partial charge in [0.25, 0.3) is 5.56 Å². The van der Waals surface area contributed by atoms with Crippen LogP contribution in [0.2, 0.25) is 0 Å². The molecule has 4 aromatic rings. The number of benzene rings is 1. The number of pyridine rings is 2. The minimum atomic E-state index is -1.22. The van der Waals surface area contributed by atoms with E-state index in [1.54, 1.807) is 49.6 Å². The Hall–Kier alpha value is -3.94. The highest BCUT2D eigenvalue weighted by Crippen LogP contribution is 2.34. The van der Waals surface area contributed by atoms with Gasteiger partial charge in [0, 0.05) is 30.4 Å². The van der Waals surface area contributed by atoms with E-state index in [0.717, 1.165) is 0 Å². The van der Waals surface area contributed by atoms with Gasteiger partial charge in [-0.2, -0.15) is 0 Å². The van der Waals surface area contributed by atoms with E-state index in [2.05, 4.69) is 4.98 Å². The third-order valence-electron chi connectivity index (χ3n) is 4.96. The summed E-state index contributed by atoms with van der Waals surface area (Å²) in [7, 11) is 2.87. The number of aryl methyl sites for hydroxylation is 1. The van der Waals surface area contributed by atoms with Gasteiger partial charge in [0.2, 0.25) is 0 Å². The number of carboxylic acid groups (broad SMARTS) is 1. The first-order chi connectivity index (χ1) is 14.0. The zero-order valence-corrected chi connectivity index (χ0v) is 15.7. The van der Waals surface area contributed by atoms with Crippen LogP contribution in [0.25, 0.3) is 21.8 Å². The number of ketones is 1. The van der Waals surface area contributed by atoms with Gasteiger partial charge in [-0.25, -0.2) is 4.79 Å². The van der Waals surface area contributed by atoms with Crippen LogP contribution in [0, 0.1) is 0 Å². The summed E-state index contributed by atoms with van der Waals surface area (Å²) in [6.07, 6.45) is 3.07. The topological polar surface area (TPSA) is 103 Å². The van der Waals surface area contributed by atoms with Crippen molar-refractivity contribution < 1.29 is 19.4 Å². The molecule has 8 nitrogen and oxygen atoms in total. The minimum Gasteiger partial charge on any atom is -0.493 e. The van der Waals surface area contributed by atoms with E-state index in [4.69, 9.17) is 4.74 Å². The Kier molecular flexibility index (Phi) is 4.38. The van der Waals surface area contributed by atoms with Crippen molar-refractivity contribution in [2.45, 2.75) is 6.54 Å². The highest BCUT2D eigenvalue weighted by Gasteiger charge is 2.27.